The lowest BCUT2D eigenvalue weighted by molar-refractivity contribution is -0.168. The first-order valence-electron chi connectivity index (χ1n) is 11.9. The summed E-state index contributed by atoms with van der Waals surface area (Å²) in [6, 6.07) is 0. The van der Waals surface area contributed by atoms with E-state index in [2.05, 4.69) is 38.7 Å². The molecule has 0 saturated carbocycles. The number of amides is 1. The number of fused-ring (bicyclic) bond motifs is 1. The summed E-state index contributed by atoms with van der Waals surface area (Å²) in [5, 5.41) is 0. The normalized spacial score (nSPS) is 24.3. The van der Waals surface area contributed by atoms with Crippen molar-refractivity contribution >= 4 is 53.0 Å². The number of hydrogen-bond acceptors (Lipinski definition) is 7. The molecule has 2 fully saturated rings. The second-order valence-corrected chi connectivity index (χ2v) is 13.9. The minimum Gasteiger partial charge on any atom is -0.347 e. The van der Waals surface area contributed by atoms with Crippen LogP contribution in [0.3, 0.4) is 0 Å². The third-order valence-corrected chi connectivity index (χ3v) is 12.5. The van der Waals surface area contributed by atoms with E-state index in [1.807, 2.05) is 47.0 Å². The molecule has 1 unspecified atom stereocenters. The van der Waals surface area contributed by atoms with Crippen LogP contribution in [0.2, 0.25) is 0 Å². The van der Waals surface area contributed by atoms with Crippen LogP contribution in [-0.4, -0.2) is 61.6 Å². The number of ether oxygens (including phenoxy) is 2. The van der Waals surface area contributed by atoms with Crippen LogP contribution < -0.4 is 0 Å². The number of likely N-dealkylation sites (tertiary alicyclic amines) is 1. The van der Waals surface area contributed by atoms with E-state index in [-0.39, 0.29) is 10.6 Å². The average molecular weight is 506 g/mol. The molecule has 3 rings (SSSR count). The maximum atomic E-state index is 14.3. The van der Waals surface area contributed by atoms with Crippen molar-refractivity contribution in [3.8, 4) is 0 Å². The summed E-state index contributed by atoms with van der Waals surface area (Å²) in [6.45, 7) is 10.2. The van der Waals surface area contributed by atoms with Gasteiger partial charge in [0.1, 0.15) is 8.78 Å². The highest BCUT2D eigenvalue weighted by Gasteiger charge is 2.62. The molecule has 2 saturated heterocycles. The summed E-state index contributed by atoms with van der Waals surface area (Å²) in [5.74, 6) is 4.10. The molecule has 1 atom stereocenters. The lowest BCUT2D eigenvalue weighted by Gasteiger charge is -2.39. The van der Waals surface area contributed by atoms with Crippen molar-refractivity contribution in [3.63, 3.8) is 0 Å². The molecule has 0 aromatic carbocycles. The van der Waals surface area contributed by atoms with Gasteiger partial charge in [0.2, 0.25) is 0 Å². The van der Waals surface area contributed by atoms with Gasteiger partial charge in [-0.25, -0.2) is 0 Å². The van der Waals surface area contributed by atoms with Gasteiger partial charge in [-0.05, 0) is 48.7 Å². The molecule has 8 heteroatoms. The van der Waals surface area contributed by atoms with E-state index < -0.39 is 9.87 Å². The zero-order valence-electron chi connectivity index (χ0n) is 19.5. The highest BCUT2D eigenvalue weighted by atomic mass is 32.2. The van der Waals surface area contributed by atoms with Gasteiger partial charge in [-0.15, -0.1) is 47.0 Å². The summed E-state index contributed by atoms with van der Waals surface area (Å²) in [6.07, 6.45) is 8.23. The van der Waals surface area contributed by atoms with Crippen molar-refractivity contribution in [1.29, 1.82) is 0 Å². The smallest absolute Gasteiger partial charge is 0.255 e. The van der Waals surface area contributed by atoms with Crippen molar-refractivity contribution in [3.05, 3.63) is 11.8 Å². The van der Waals surface area contributed by atoms with Crippen LogP contribution in [0.15, 0.2) is 11.8 Å². The summed E-state index contributed by atoms with van der Waals surface area (Å²) >= 11 is 7.63. The molecule has 178 valence electrons. The molecular weight excluding hydrogens is 467 g/mol. The molecule has 4 nitrogen and oxygen atoms in total. The fraction of sp³-hybridized carbons (Fsp3) is 0.870. The Labute approximate surface area is 206 Å². The number of hydrogen-bond donors (Lipinski definition) is 0. The summed E-state index contributed by atoms with van der Waals surface area (Å²) in [7, 11) is 0. The first kappa shape index (κ1) is 26.1. The van der Waals surface area contributed by atoms with E-state index in [1.54, 1.807) is 0 Å². The Morgan fingerprint density at radius 3 is 2.03 bits per heavy atom. The van der Waals surface area contributed by atoms with Crippen LogP contribution in [0.25, 0.3) is 0 Å². The first-order chi connectivity index (χ1) is 15.1. The number of carbonyl (C=O) groups is 1. The van der Waals surface area contributed by atoms with Crippen LogP contribution in [0.1, 0.15) is 66.2 Å². The molecule has 2 heterocycles. The van der Waals surface area contributed by atoms with Gasteiger partial charge in [0.05, 0.1) is 13.2 Å². The summed E-state index contributed by atoms with van der Waals surface area (Å²) in [5.41, 5.74) is 1.24. The lowest BCUT2D eigenvalue weighted by atomic mass is 9.87. The molecule has 0 aromatic heterocycles. The van der Waals surface area contributed by atoms with Crippen LogP contribution in [0.5, 0.6) is 0 Å². The fourth-order valence-electron chi connectivity index (χ4n) is 4.39. The van der Waals surface area contributed by atoms with E-state index in [0.29, 0.717) is 19.1 Å². The molecule has 31 heavy (non-hydrogen) atoms. The molecule has 3 aliphatic rings. The highest BCUT2D eigenvalue weighted by Crippen LogP contribution is 2.60. The monoisotopic (exact) mass is 505 g/mol. The van der Waals surface area contributed by atoms with Gasteiger partial charge in [-0.2, -0.15) is 0 Å². The van der Waals surface area contributed by atoms with E-state index in [0.717, 1.165) is 61.5 Å². The van der Waals surface area contributed by atoms with Crippen molar-refractivity contribution in [2.75, 3.05) is 36.2 Å². The second-order valence-electron chi connectivity index (χ2n) is 8.29. The maximum Gasteiger partial charge on any atom is 0.255 e. The standard InChI is InChI=1S/C23H39NO3S4/c1-5-13-28-21(29-14-6-2)24-19-9-10-22(26-11-12-27-22)17-18(19)23(20(24)25,30-15-7-3)31-16-8-4/h9,18,21H,5-8,10-17H2,1-4H3. The van der Waals surface area contributed by atoms with Gasteiger partial charge in [-0.3, -0.25) is 9.69 Å². The number of rotatable bonds is 13. The zero-order chi connectivity index (χ0) is 22.3. The first-order valence-corrected chi connectivity index (χ1v) is 16.0. The number of carbonyl (C=O) groups excluding carboxylic acids is 1. The Morgan fingerprint density at radius 1 is 0.968 bits per heavy atom. The van der Waals surface area contributed by atoms with Crippen molar-refractivity contribution in [2.24, 2.45) is 5.92 Å². The van der Waals surface area contributed by atoms with Crippen molar-refractivity contribution in [1.82, 2.24) is 4.90 Å². The quantitative estimate of drug-likeness (QED) is 0.267. The Balaban J connectivity index is 2.00. The van der Waals surface area contributed by atoms with Crippen molar-refractivity contribution < 1.29 is 14.3 Å². The SMILES string of the molecule is CCCSC(SCCC)N1C(=O)C(SCCC)(SCCC)C2CC3(CC=C21)OCCO3. The molecule has 1 amide bonds. The third-order valence-electron chi connectivity index (χ3n) is 5.74. The molecule has 0 N–H and O–H groups in total. The van der Waals surface area contributed by atoms with Gasteiger partial charge < -0.3 is 9.47 Å². The highest BCUT2D eigenvalue weighted by molar-refractivity contribution is 8.19. The second kappa shape index (κ2) is 12.3. The van der Waals surface area contributed by atoms with E-state index >= 15 is 0 Å². The van der Waals surface area contributed by atoms with Gasteiger partial charge in [-0.1, -0.05) is 33.8 Å². The largest absolute Gasteiger partial charge is 0.347 e. The van der Waals surface area contributed by atoms with Crippen LogP contribution in [0, 0.1) is 5.92 Å². The molecule has 0 radical (unpaired) electrons. The minimum atomic E-state index is -0.530. The molecule has 2 aliphatic heterocycles. The fourth-order valence-corrected chi connectivity index (χ4v) is 10.1. The summed E-state index contributed by atoms with van der Waals surface area (Å²) in [4.78, 5) is 16.5. The van der Waals surface area contributed by atoms with Crippen LogP contribution in [0.4, 0.5) is 0 Å². The number of allylic oxidation sites excluding steroid dienone is 1. The van der Waals surface area contributed by atoms with Crippen LogP contribution >= 0.6 is 47.0 Å². The molecule has 1 aliphatic carbocycles. The lowest BCUT2D eigenvalue weighted by Crippen LogP contribution is -2.43. The number of nitrogens with zero attached hydrogens (tertiary/aromatic N) is 1. The van der Waals surface area contributed by atoms with Crippen molar-refractivity contribution in [2.45, 2.75) is 80.8 Å². The topological polar surface area (TPSA) is 38.8 Å². The minimum absolute atomic E-state index is 0.145. The third kappa shape index (κ3) is 5.61. The van der Waals surface area contributed by atoms with Gasteiger partial charge in [0.25, 0.3) is 5.91 Å². The molecule has 0 aromatic rings. The predicted octanol–water partition coefficient (Wildman–Crippen LogP) is 6.42. The van der Waals surface area contributed by atoms with E-state index in [1.165, 1.54) is 5.70 Å². The maximum absolute atomic E-state index is 14.3. The van der Waals surface area contributed by atoms with Gasteiger partial charge >= 0.3 is 0 Å². The average Bonchev–Trinajstić information content (AvgIpc) is 3.32. The van der Waals surface area contributed by atoms with E-state index in [9.17, 15) is 4.79 Å². The van der Waals surface area contributed by atoms with E-state index in [4.69, 9.17) is 9.47 Å². The Morgan fingerprint density at radius 2 is 1.52 bits per heavy atom. The van der Waals surface area contributed by atoms with Gasteiger partial charge in [0, 0.05) is 24.5 Å². The number of thioether (sulfide) groups is 4. The summed E-state index contributed by atoms with van der Waals surface area (Å²) < 4.78 is 12.0. The Hall–Kier alpha value is 0.530. The molecule has 1 spiro atoms. The predicted molar refractivity (Wildman–Crippen MR) is 140 cm³/mol. The molecular formula is C23H39NO3S4. The van der Waals surface area contributed by atoms with Gasteiger partial charge in [0.15, 0.2) is 5.79 Å². The Kier molecular flexibility index (Phi) is 10.4. The zero-order valence-corrected chi connectivity index (χ0v) is 22.8. The molecule has 0 bridgehead atoms. The van der Waals surface area contributed by atoms with Crippen LogP contribution in [-0.2, 0) is 14.3 Å². The Bertz CT molecular complexity index is 608.